The lowest BCUT2D eigenvalue weighted by molar-refractivity contribution is 0.799. The number of nitrogens with two attached hydrogens (primary N) is 1. The Bertz CT molecular complexity index is 521. The lowest BCUT2D eigenvalue weighted by Crippen LogP contribution is -2.14. The fourth-order valence-electron chi connectivity index (χ4n) is 2.01. The van der Waals surface area contributed by atoms with Crippen LogP contribution in [0.2, 0.25) is 0 Å². The molecule has 18 heavy (non-hydrogen) atoms. The predicted molar refractivity (Wildman–Crippen MR) is 76.1 cm³/mol. The van der Waals surface area contributed by atoms with Gasteiger partial charge < -0.3 is 10.6 Å². The van der Waals surface area contributed by atoms with Gasteiger partial charge in [-0.1, -0.05) is 24.3 Å². The van der Waals surface area contributed by atoms with Gasteiger partial charge in [-0.3, -0.25) is 0 Å². The maximum absolute atomic E-state index is 5.90. The van der Waals surface area contributed by atoms with E-state index in [0.717, 1.165) is 22.8 Å². The number of anilines is 2. The highest BCUT2D eigenvalue weighted by atomic mass is 15.2. The third-order valence-electron chi connectivity index (χ3n) is 3.09. The van der Waals surface area contributed by atoms with Gasteiger partial charge in [0.1, 0.15) is 5.82 Å². The van der Waals surface area contributed by atoms with Crippen molar-refractivity contribution < 1.29 is 0 Å². The van der Waals surface area contributed by atoms with Gasteiger partial charge >= 0.3 is 0 Å². The number of nitrogens with zero attached hydrogens (tertiary/aromatic N) is 2. The number of rotatable bonds is 3. The minimum atomic E-state index is 0.0218. The molecule has 0 aliphatic carbocycles. The second-order valence-electron chi connectivity index (χ2n) is 4.53. The number of para-hydroxylation sites is 1. The van der Waals surface area contributed by atoms with Crippen LogP contribution in [-0.4, -0.2) is 12.0 Å². The molecule has 0 saturated heterocycles. The first kappa shape index (κ1) is 12.6. The van der Waals surface area contributed by atoms with E-state index in [9.17, 15) is 0 Å². The van der Waals surface area contributed by atoms with Crippen LogP contribution in [0.15, 0.2) is 42.5 Å². The van der Waals surface area contributed by atoms with E-state index >= 15 is 0 Å². The monoisotopic (exact) mass is 241 g/mol. The summed E-state index contributed by atoms with van der Waals surface area (Å²) < 4.78 is 0. The second-order valence-corrected chi connectivity index (χ2v) is 4.53. The van der Waals surface area contributed by atoms with Crippen LogP contribution in [0.1, 0.15) is 24.2 Å². The summed E-state index contributed by atoms with van der Waals surface area (Å²) in [6, 6.07) is 14.3. The summed E-state index contributed by atoms with van der Waals surface area (Å²) in [6.07, 6.45) is 0. The molecule has 3 nitrogen and oxygen atoms in total. The molecule has 1 heterocycles. The second kappa shape index (κ2) is 5.19. The van der Waals surface area contributed by atoms with Crippen molar-refractivity contribution in [2.75, 3.05) is 11.9 Å². The fourth-order valence-corrected chi connectivity index (χ4v) is 2.01. The summed E-state index contributed by atoms with van der Waals surface area (Å²) in [6.45, 7) is 3.98. The molecule has 2 rings (SSSR count). The lowest BCUT2D eigenvalue weighted by atomic mass is 10.1. The molecule has 0 bridgehead atoms. The van der Waals surface area contributed by atoms with Crippen molar-refractivity contribution in [3.63, 3.8) is 0 Å². The third kappa shape index (κ3) is 2.51. The third-order valence-corrected chi connectivity index (χ3v) is 3.09. The summed E-state index contributed by atoms with van der Waals surface area (Å²) in [5.41, 5.74) is 9.11. The highest BCUT2D eigenvalue weighted by molar-refractivity contribution is 5.59. The lowest BCUT2D eigenvalue weighted by Gasteiger charge is -2.20. The smallest absolute Gasteiger partial charge is 0.132 e. The van der Waals surface area contributed by atoms with Crippen molar-refractivity contribution in [2.24, 2.45) is 5.73 Å². The van der Waals surface area contributed by atoms with Crippen LogP contribution in [0, 0.1) is 6.92 Å². The summed E-state index contributed by atoms with van der Waals surface area (Å²) in [5, 5.41) is 0. The van der Waals surface area contributed by atoms with E-state index in [0.29, 0.717) is 0 Å². The van der Waals surface area contributed by atoms with Crippen LogP contribution >= 0.6 is 0 Å². The summed E-state index contributed by atoms with van der Waals surface area (Å²) in [4.78, 5) is 6.68. The van der Waals surface area contributed by atoms with Crippen LogP contribution in [0.4, 0.5) is 11.5 Å². The molecule has 94 valence electrons. The van der Waals surface area contributed by atoms with Crippen molar-refractivity contribution in [1.82, 2.24) is 4.98 Å². The molecule has 3 heteroatoms. The van der Waals surface area contributed by atoms with E-state index in [-0.39, 0.29) is 6.04 Å². The molecule has 1 atom stereocenters. The number of benzene rings is 1. The SMILES string of the molecule is Cc1nc(N(C)c2ccccc2)ccc1[C@@H](C)N. The largest absolute Gasteiger partial charge is 0.329 e. The van der Waals surface area contributed by atoms with Gasteiger partial charge in [-0.15, -0.1) is 0 Å². The van der Waals surface area contributed by atoms with Crippen molar-refractivity contribution in [2.45, 2.75) is 19.9 Å². The summed E-state index contributed by atoms with van der Waals surface area (Å²) >= 11 is 0. The van der Waals surface area contributed by atoms with E-state index in [1.807, 2.05) is 45.2 Å². The minimum Gasteiger partial charge on any atom is -0.329 e. The van der Waals surface area contributed by atoms with Gasteiger partial charge in [0.15, 0.2) is 0 Å². The van der Waals surface area contributed by atoms with Gasteiger partial charge in [0, 0.05) is 24.5 Å². The van der Waals surface area contributed by atoms with Gasteiger partial charge in [-0.05, 0) is 37.6 Å². The van der Waals surface area contributed by atoms with Crippen molar-refractivity contribution in [3.8, 4) is 0 Å². The Morgan fingerprint density at radius 2 is 1.78 bits per heavy atom. The van der Waals surface area contributed by atoms with Crippen molar-refractivity contribution in [3.05, 3.63) is 53.7 Å². The molecule has 1 aromatic carbocycles. The highest BCUT2D eigenvalue weighted by Crippen LogP contribution is 2.23. The Morgan fingerprint density at radius 3 is 2.33 bits per heavy atom. The summed E-state index contributed by atoms with van der Waals surface area (Å²) in [7, 11) is 2.02. The van der Waals surface area contributed by atoms with Crippen LogP contribution in [0.25, 0.3) is 0 Å². The highest BCUT2D eigenvalue weighted by Gasteiger charge is 2.09. The Balaban J connectivity index is 2.32. The standard InChI is InChI=1S/C15H19N3/c1-11(16)14-9-10-15(17-12(14)2)18(3)13-7-5-4-6-8-13/h4-11H,16H2,1-3H3/t11-/m1/s1. The zero-order valence-corrected chi connectivity index (χ0v) is 11.1. The molecule has 1 aromatic heterocycles. The molecule has 2 aromatic rings. The predicted octanol–water partition coefficient (Wildman–Crippen LogP) is 3.18. The zero-order chi connectivity index (χ0) is 13.1. The maximum Gasteiger partial charge on any atom is 0.132 e. The average Bonchev–Trinajstić information content (AvgIpc) is 2.38. The first-order valence-corrected chi connectivity index (χ1v) is 6.11. The Hall–Kier alpha value is -1.87. The molecule has 0 fully saturated rings. The van der Waals surface area contributed by atoms with E-state index in [1.54, 1.807) is 0 Å². The Labute approximate surface area is 108 Å². The van der Waals surface area contributed by atoms with Crippen LogP contribution in [0.5, 0.6) is 0 Å². The van der Waals surface area contributed by atoms with Crippen LogP contribution in [-0.2, 0) is 0 Å². The Kier molecular flexibility index (Phi) is 3.63. The molecule has 0 amide bonds. The molecule has 0 aliphatic heterocycles. The molecule has 0 saturated carbocycles. The van der Waals surface area contributed by atoms with E-state index < -0.39 is 0 Å². The normalized spacial score (nSPS) is 12.2. The first-order valence-electron chi connectivity index (χ1n) is 6.11. The van der Waals surface area contributed by atoms with Gasteiger partial charge in [0.2, 0.25) is 0 Å². The maximum atomic E-state index is 5.90. The number of pyridine rings is 1. The quantitative estimate of drug-likeness (QED) is 0.897. The number of aryl methyl sites for hydroxylation is 1. The number of hydrogen-bond donors (Lipinski definition) is 1. The van der Waals surface area contributed by atoms with Gasteiger partial charge in [-0.2, -0.15) is 0 Å². The van der Waals surface area contributed by atoms with Crippen molar-refractivity contribution in [1.29, 1.82) is 0 Å². The number of hydrogen-bond acceptors (Lipinski definition) is 3. The van der Waals surface area contributed by atoms with Crippen LogP contribution in [0.3, 0.4) is 0 Å². The molecule has 0 aliphatic rings. The minimum absolute atomic E-state index is 0.0218. The van der Waals surface area contributed by atoms with E-state index in [2.05, 4.69) is 28.1 Å². The van der Waals surface area contributed by atoms with Crippen molar-refractivity contribution >= 4 is 11.5 Å². The topological polar surface area (TPSA) is 42.2 Å². The van der Waals surface area contributed by atoms with Crippen LogP contribution < -0.4 is 10.6 Å². The molecular weight excluding hydrogens is 222 g/mol. The van der Waals surface area contributed by atoms with Gasteiger partial charge in [0.25, 0.3) is 0 Å². The molecular formula is C15H19N3. The summed E-state index contributed by atoms with van der Waals surface area (Å²) in [5.74, 6) is 0.933. The van der Waals surface area contributed by atoms with E-state index in [1.165, 1.54) is 0 Å². The first-order chi connectivity index (χ1) is 8.59. The Morgan fingerprint density at radius 1 is 1.11 bits per heavy atom. The molecule has 2 N–H and O–H groups in total. The fraction of sp³-hybridized carbons (Fsp3) is 0.267. The molecule has 0 radical (unpaired) electrons. The zero-order valence-electron chi connectivity index (χ0n) is 11.1. The molecule has 0 unspecified atom stereocenters. The van der Waals surface area contributed by atoms with Gasteiger partial charge in [0.05, 0.1) is 0 Å². The average molecular weight is 241 g/mol. The number of aromatic nitrogens is 1. The van der Waals surface area contributed by atoms with Gasteiger partial charge in [-0.25, -0.2) is 4.98 Å². The molecule has 0 spiro atoms. The van der Waals surface area contributed by atoms with E-state index in [4.69, 9.17) is 5.73 Å².